The molecular formula is C14H19F3N2O2. The van der Waals surface area contributed by atoms with Gasteiger partial charge in [0.2, 0.25) is 5.91 Å². The Hall–Kier alpha value is -1.76. The van der Waals surface area contributed by atoms with Crippen LogP contribution < -0.4 is 15.8 Å². The maximum atomic E-state index is 12.0. The van der Waals surface area contributed by atoms with Gasteiger partial charge in [0.15, 0.2) is 6.61 Å². The number of amides is 1. The monoisotopic (exact) mass is 304 g/mol. The van der Waals surface area contributed by atoms with Crippen molar-refractivity contribution >= 4 is 5.91 Å². The van der Waals surface area contributed by atoms with Crippen molar-refractivity contribution in [3.05, 3.63) is 29.8 Å². The number of rotatable bonds is 7. The summed E-state index contributed by atoms with van der Waals surface area (Å²) in [5, 5.41) is 2.71. The molecule has 0 heterocycles. The Morgan fingerprint density at radius 2 is 1.95 bits per heavy atom. The van der Waals surface area contributed by atoms with Crippen molar-refractivity contribution in [2.24, 2.45) is 5.73 Å². The normalized spacial score (nSPS) is 12.8. The van der Waals surface area contributed by atoms with Crippen molar-refractivity contribution < 1.29 is 22.7 Å². The van der Waals surface area contributed by atoms with Crippen LogP contribution in [0.15, 0.2) is 24.3 Å². The quantitative estimate of drug-likeness (QED) is 0.813. The Labute approximate surface area is 121 Å². The van der Waals surface area contributed by atoms with E-state index in [1.54, 1.807) is 12.1 Å². The summed E-state index contributed by atoms with van der Waals surface area (Å²) in [4.78, 5) is 11.5. The van der Waals surface area contributed by atoms with E-state index in [9.17, 15) is 18.0 Å². The van der Waals surface area contributed by atoms with Crippen molar-refractivity contribution in [2.45, 2.75) is 38.5 Å². The Morgan fingerprint density at radius 1 is 1.33 bits per heavy atom. The van der Waals surface area contributed by atoms with Gasteiger partial charge in [-0.25, -0.2) is 0 Å². The molecule has 3 N–H and O–H groups in total. The van der Waals surface area contributed by atoms with Crippen LogP contribution in [0.3, 0.4) is 0 Å². The number of nitrogens with one attached hydrogen (secondary N) is 1. The number of hydrogen-bond donors (Lipinski definition) is 2. The molecule has 1 unspecified atom stereocenters. The first-order valence-electron chi connectivity index (χ1n) is 6.57. The second-order valence-corrected chi connectivity index (χ2v) is 4.84. The molecule has 4 nitrogen and oxygen atoms in total. The maximum Gasteiger partial charge on any atom is 0.422 e. The van der Waals surface area contributed by atoms with Gasteiger partial charge in [0.05, 0.1) is 0 Å². The summed E-state index contributed by atoms with van der Waals surface area (Å²) in [6, 6.07) is 6.07. The lowest BCUT2D eigenvalue weighted by Gasteiger charge is -2.10. The largest absolute Gasteiger partial charge is 0.484 e. The predicted molar refractivity (Wildman–Crippen MR) is 72.7 cm³/mol. The van der Waals surface area contributed by atoms with Crippen LogP contribution in [0, 0.1) is 0 Å². The molecule has 0 fully saturated rings. The fourth-order valence-electron chi connectivity index (χ4n) is 1.52. The molecular weight excluding hydrogens is 285 g/mol. The van der Waals surface area contributed by atoms with Crippen LogP contribution in [-0.2, 0) is 11.3 Å². The zero-order valence-corrected chi connectivity index (χ0v) is 11.7. The average Bonchev–Trinajstić information content (AvgIpc) is 2.41. The van der Waals surface area contributed by atoms with Crippen LogP contribution in [0.1, 0.15) is 25.3 Å². The summed E-state index contributed by atoms with van der Waals surface area (Å²) in [5.74, 6) is 0.0315. The summed E-state index contributed by atoms with van der Waals surface area (Å²) in [6.07, 6.45) is -3.40. The van der Waals surface area contributed by atoms with Gasteiger partial charge in [0.25, 0.3) is 0 Å². The van der Waals surface area contributed by atoms with E-state index in [1.807, 2.05) is 6.92 Å². The van der Waals surface area contributed by atoms with E-state index in [1.165, 1.54) is 12.1 Å². The highest BCUT2D eigenvalue weighted by molar-refractivity contribution is 5.75. The third kappa shape index (κ3) is 8.19. The predicted octanol–water partition coefficient (Wildman–Crippen LogP) is 2.37. The zero-order valence-electron chi connectivity index (χ0n) is 11.7. The Kier molecular flexibility index (Phi) is 6.48. The molecule has 0 aliphatic rings. The fourth-order valence-corrected chi connectivity index (χ4v) is 1.52. The van der Waals surface area contributed by atoms with Crippen molar-refractivity contribution in [2.75, 3.05) is 6.61 Å². The molecule has 1 aromatic rings. The van der Waals surface area contributed by atoms with Gasteiger partial charge in [-0.15, -0.1) is 0 Å². The highest BCUT2D eigenvalue weighted by atomic mass is 19.4. The van der Waals surface area contributed by atoms with E-state index in [-0.39, 0.29) is 17.7 Å². The van der Waals surface area contributed by atoms with Crippen LogP contribution in [0.5, 0.6) is 5.75 Å². The van der Waals surface area contributed by atoms with Gasteiger partial charge in [-0.2, -0.15) is 13.2 Å². The fraction of sp³-hybridized carbons (Fsp3) is 0.500. The lowest BCUT2D eigenvalue weighted by molar-refractivity contribution is -0.153. The Bertz CT molecular complexity index is 445. The lowest BCUT2D eigenvalue weighted by Crippen LogP contribution is -2.25. The van der Waals surface area contributed by atoms with Crippen LogP contribution in [0.4, 0.5) is 13.2 Å². The number of hydrogen-bond acceptors (Lipinski definition) is 3. The van der Waals surface area contributed by atoms with Gasteiger partial charge < -0.3 is 15.8 Å². The molecule has 1 atom stereocenters. The zero-order chi connectivity index (χ0) is 15.9. The van der Waals surface area contributed by atoms with Gasteiger partial charge >= 0.3 is 6.18 Å². The van der Waals surface area contributed by atoms with Crippen LogP contribution in [0.25, 0.3) is 0 Å². The van der Waals surface area contributed by atoms with E-state index in [0.29, 0.717) is 19.4 Å². The van der Waals surface area contributed by atoms with E-state index >= 15 is 0 Å². The SMILES string of the molecule is CC(N)CCC(=O)NCc1ccc(OCC(F)(F)F)cc1. The summed E-state index contributed by atoms with van der Waals surface area (Å²) >= 11 is 0. The highest BCUT2D eigenvalue weighted by Gasteiger charge is 2.28. The number of benzene rings is 1. The number of carbonyl (C=O) groups is 1. The first-order valence-corrected chi connectivity index (χ1v) is 6.57. The van der Waals surface area contributed by atoms with E-state index < -0.39 is 12.8 Å². The number of halogens is 3. The molecule has 1 aromatic carbocycles. The lowest BCUT2D eigenvalue weighted by atomic mass is 10.2. The van der Waals surface area contributed by atoms with Crippen LogP contribution in [0.2, 0.25) is 0 Å². The number of alkyl halides is 3. The molecule has 0 aromatic heterocycles. The molecule has 0 aliphatic heterocycles. The van der Waals surface area contributed by atoms with E-state index in [2.05, 4.69) is 10.1 Å². The molecule has 7 heteroatoms. The molecule has 0 spiro atoms. The standard InChI is InChI=1S/C14H19F3N2O2/c1-10(18)2-7-13(20)19-8-11-3-5-12(6-4-11)21-9-14(15,16)17/h3-6,10H,2,7-9,18H2,1H3,(H,19,20). The minimum atomic E-state index is -4.35. The second-order valence-electron chi connectivity index (χ2n) is 4.84. The summed E-state index contributed by atoms with van der Waals surface area (Å²) in [6.45, 7) is 0.824. The highest BCUT2D eigenvalue weighted by Crippen LogP contribution is 2.18. The molecule has 118 valence electrons. The molecule has 1 amide bonds. The number of ether oxygens (including phenoxy) is 1. The van der Waals surface area contributed by atoms with Crippen molar-refractivity contribution in [1.82, 2.24) is 5.32 Å². The molecule has 21 heavy (non-hydrogen) atoms. The van der Waals surface area contributed by atoms with Gasteiger partial charge in [0.1, 0.15) is 5.75 Å². The molecule has 0 bridgehead atoms. The molecule has 0 radical (unpaired) electrons. The first-order chi connectivity index (χ1) is 9.76. The van der Waals surface area contributed by atoms with E-state index in [4.69, 9.17) is 5.73 Å². The summed E-state index contributed by atoms with van der Waals surface area (Å²) in [7, 11) is 0. The van der Waals surface area contributed by atoms with Crippen molar-refractivity contribution in [3.63, 3.8) is 0 Å². The minimum Gasteiger partial charge on any atom is -0.484 e. The third-order valence-electron chi connectivity index (χ3n) is 2.64. The molecule has 1 rings (SSSR count). The molecule has 0 saturated heterocycles. The van der Waals surface area contributed by atoms with Gasteiger partial charge in [-0.3, -0.25) is 4.79 Å². The Balaban J connectivity index is 2.35. The van der Waals surface area contributed by atoms with Crippen LogP contribution >= 0.6 is 0 Å². The minimum absolute atomic E-state index is 0.0270. The third-order valence-corrected chi connectivity index (χ3v) is 2.64. The van der Waals surface area contributed by atoms with Gasteiger partial charge in [-0.1, -0.05) is 12.1 Å². The van der Waals surface area contributed by atoms with Gasteiger partial charge in [0, 0.05) is 19.0 Å². The maximum absolute atomic E-state index is 12.0. The van der Waals surface area contributed by atoms with Gasteiger partial charge in [-0.05, 0) is 31.0 Å². The van der Waals surface area contributed by atoms with Crippen LogP contribution in [-0.4, -0.2) is 24.7 Å². The molecule has 0 saturated carbocycles. The van der Waals surface area contributed by atoms with Crippen molar-refractivity contribution in [3.8, 4) is 5.75 Å². The Morgan fingerprint density at radius 3 is 2.48 bits per heavy atom. The topological polar surface area (TPSA) is 64.4 Å². The summed E-state index contributed by atoms with van der Waals surface area (Å²) < 4.78 is 40.5. The second kappa shape index (κ2) is 7.87. The summed E-state index contributed by atoms with van der Waals surface area (Å²) in [5.41, 5.74) is 6.33. The van der Waals surface area contributed by atoms with Crippen molar-refractivity contribution in [1.29, 1.82) is 0 Å². The number of carbonyl (C=O) groups excluding carboxylic acids is 1. The van der Waals surface area contributed by atoms with E-state index in [0.717, 1.165) is 5.56 Å². The average molecular weight is 304 g/mol. The molecule has 0 aliphatic carbocycles. The first kappa shape index (κ1) is 17.3. The smallest absolute Gasteiger partial charge is 0.422 e. The number of nitrogens with two attached hydrogens (primary N) is 1.